The lowest BCUT2D eigenvalue weighted by molar-refractivity contribution is -0.146. The summed E-state index contributed by atoms with van der Waals surface area (Å²) in [5.41, 5.74) is -0.303. The maximum absolute atomic E-state index is 13.3. The zero-order valence-corrected chi connectivity index (χ0v) is 30.3. The molecule has 0 bridgehead atoms. The quantitative estimate of drug-likeness (QED) is 0.0819. The number of carbonyl (C=O) groups excluding carboxylic acids is 2. The number of aliphatic hydroxyl groups excluding tert-OH is 2. The highest BCUT2D eigenvalue weighted by molar-refractivity contribution is 6.40. The minimum Gasteiger partial charge on any atom is -0.480 e. The smallest absolute Gasteiger partial charge is 0.326 e. The Balaban J connectivity index is 1.49. The average molecular weight is 774 g/mol. The summed E-state index contributed by atoms with van der Waals surface area (Å²) in [7, 11) is 0. The number of halogens is 3. The van der Waals surface area contributed by atoms with Crippen LogP contribution in [-0.4, -0.2) is 78.4 Å². The Kier molecular flexibility index (Phi) is 12.9. The van der Waals surface area contributed by atoms with E-state index >= 15 is 0 Å². The summed E-state index contributed by atoms with van der Waals surface area (Å²) in [5, 5.41) is 48.9. The number of amides is 2. The van der Waals surface area contributed by atoms with Crippen LogP contribution >= 0.6 is 34.8 Å². The summed E-state index contributed by atoms with van der Waals surface area (Å²) in [6.07, 6.45) is 1.41. The van der Waals surface area contributed by atoms with Crippen LogP contribution in [0, 0.1) is 6.92 Å². The van der Waals surface area contributed by atoms with E-state index in [-0.39, 0.29) is 50.9 Å². The van der Waals surface area contributed by atoms with Gasteiger partial charge in [-0.25, -0.2) is 4.98 Å². The van der Waals surface area contributed by atoms with E-state index in [1.807, 2.05) is 0 Å². The van der Waals surface area contributed by atoms with Gasteiger partial charge in [-0.2, -0.15) is 0 Å². The normalized spacial score (nSPS) is 13.5. The number of pyridine rings is 2. The summed E-state index contributed by atoms with van der Waals surface area (Å²) >= 11 is 19.9. The molecular weight excluding hydrogens is 739 g/mol. The van der Waals surface area contributed by atoms with Crippen molar-refractivity contribution in [2.45, 2.75) is 44.9 Å². The molecule has 4 rings (SSSR count). The van der Waals surface area contributed by atoms with Crippen molar-refractivity contribution in [3.8, 4) is 11.1 Å². The molecule has 52 heavy (non-hydrogen) atoms. The fraction of sp³-hybridized carbons (Fsp3) is 0.257. The zero-order valence-electron chi connectivity index (χ0n) is 28.1. The van der Waals surface area contributed by atoms with Gasteiger partial charge < -0.3 is 31.1 Å². The molecule has 0 aliphatic rings. The van der Waals surface area contributed by atoms with Crippen LogP contribution in [0.15, 0.2) is 60.8 Å². The first-order chi connectivity index (χ1) is 24.5. The number of hydrogen-bond donors (Lipinski definition) is 8. The minimum absolute atomic E-state index is 0.00311. The van der Waals surface area contributed by atoms with E-state index in [1.54, 1.807) is 49.4 Å². The van der Waals surface area contributed by atoms with Gasteiger partial charge in [0.25, 0.3) is 11.8 Å². The third-order valence-corrected chi connectivity index (χ3v) is 9.36. The number of carbonyl (C=O) groups is 4. The molecule has 274 valence electrons. The summed E-state index contributed by atoms with van der Waals surface area (Å²) in [6.45, 7) is 3.14. The molecule has 8 N–H and O–H groups in total. The van der Waals surface area contributed by atoms with Crippen LogP contribution in [-0.2, 0) is 22.7 Å². The lowest BCUT2D eigenvalue weighted by Crippen LogP contribution is -2.52. The number of anilines is 2. The molecule has 0 aliphatic carbocycles. The van der Waals surface area contributed by atoms with Crippen molar-refractivity contribution in [2.24, 2.45) is 0 Å². The number of benzene rings is 2. The van der Waals surface area contributed by atoms with Gasteiger partial charge in [0, 0.05) is 36.1 Å². The highest BCUT2D eigenvalue weighted by Gasteiger charge is 2.33. The predicted octanol–water partition coefficient (Wildman–Crippen LogP) is 4.77. The van der Waals surface area contributed by atoms with Gasteiger partial charge in [0.1, 0.15) is 22.5 Å². The Hall–Kier alpha value is -4.67. The molecule has 2 atom stereocenters. The van der Waals surface area contributed by atoms with Crippen LogP contribution in [0.5, 0.6) is 0 Å². The standard InChI is InChI=1S/C35H35Cl3N6O8/c1-18-20(15-41-35(3,17-46)33(51)52)12-23(36)29(42-18)31(48)44-25-9-5-7-22(28(25)38)21-6-4-8-24(27(21)37)43-30(47)26-11-10-19(13-39-26)14-40-34(2,16-45)32(49)50/h4-13,40-41,45-46H,14-17H2,1-3H3,(H,43,47)(H,44,48)(H,49,50)(H,51,52)/t34-,35-/m0/s1. The predicted molar refractivity (Wildman–Crippen MR) is 196 cm³/mol. The summed E-state index contributed by atoms with van der Waals surface area (Å²) in [4.78, 5) is 57.8. The number of carboxylic acid groups (broad SMARTS) is 2. The topological polar surface area (TPSA) is 223 Å². The SMILES string of the molecule is Cc1nc(C(=O)Nc2cccc(-c3cccc(NC(=O)c4ccc(CN[C@@](C)(CO)C(=O)O)cn4)c3Cl)c2Cl)c(Cl)cc1CN[C@@](C)(CO)C(=O)O. The Bertz CT molecular complexity index is 2020. The van der Waals surface area contributed by atoms with E-state index in [1.165, 1.54) is 32.2 Å². The van der Waals surface area contributed by atoms with E-state index < -0.39 is 48.0 Å². The molecule has 2 heterocycles. The second-order valence-electron chi connectivity index (χ2n) is 12.2. The van der Waals surface area contributed by atoms with E-state index in [4.69, 9.17) is 34.8 Å². The lowest BCUT2D eigenvalue weighted by atomic mass is 10.0. The number of rotatable bonds is 15. The van der Waals surface area contributed by atoms with Crippen molar-refractivity contribution in [1.29, 1.82) is 0 Å². The van der Waals surface area contributed by atoms with E-state index in [0.29, 0.717) is 27.9 Å². The molecular formula is C35H35Cl3N6O8. The van der Waals surface area contributed by atoms with Crippen molar-refractivity contribution in [1.82, 2.24) is 20.6 Å². The first-order valence-corrected chi connectivity index (χ1v) is 16.7. The maximum atomic E-state index is 13.3. The van der Waals surface area contributed by atoms with Crippen LogP contribution in [0.4, 0.5) is 11.4 Å². The molecule has 4 aromatic rings. The molecule has 0 radical (unpaired) electrons. The maximum Gasteiger partial charge on any atom is 0.326 e. The molecule has 17 heteroatoms. The first kappa shape index (κ1) is 40.1. The Morgan fingerprint density at radius 1 is 0.750 bits per heavy atom. The molecule has 0 saturated carbocycles. The lowest BCUT2D eigenvalue weighted by Gasteiger charge is -2.24. The van der Waals surface area contributed by atoms with Gasteiger partial charge in [-0.15, -0.1) is 0 Å². The number of aromatic nitrogens is 2. The number of aliphatic hydroxyl groups is 2. The molecule has 2 amide bonds. The summed E-state index contributed by atoms with van der Waals surface area (Å²) in [6, 6.07) is 14.4. The van der Waals surface area contributed by atoms with Gasteiger partial charge in [0.05, 0.1) is 39.7 Å². The van der Waals surface area contributed by atoms with Crippen molar-refractivity contribution in [3.63, 3.8) is 0 Å². The molecule has 0 spiro atoms. The Morgan fingerprint density at radius 2 is 1.27 bits per heavy atom. The third kappa shape index (κ3) is 9.03. The molecule has 0 aliphatic heterocycles. The first-order valence-electron chi connectivity index (χ1n) is 15.5. The van der Waals surface area contributed by atoms with Gasteiger partial charge in [0.15, 0.2) is 0 Å². The highest BCUT2D eigenvalue weighted by atomic mass is 35.5. The third-order valence-electron chi connectivity index (χ3n) is 8.26. The Labute approximate surface area is 313 Å². The minimum atomic E-state index is -1.59. The van der Waals surface area contributed by atoms with Crippen LogP contribution in [0.25, 0.3) is 11.1 Å². The van der Waals surface area contributed by atoms with Crippen molar-refractivity contribution < 1.29 is 39.6 Å². The van der Waals surface area contributed by atoms with E-state index in [9.17, 15) is 39.6 Å². The largest absolute Gasteiger partial charge is 0.480 e. The Morgan fingerprint density at radius 3 is 1.75 bits per heavy atom. The molecule has 14 nitrogen and oxygen atoms in total. The highest BCUT2D eigenvalue weighted by Crippen LogP contribution is 2.40. The number of nitrogens with one attached hydrogen (secondary N) is 4. The van der Waals surface area contributed by atoms with Gasteiger partial charge >= 0.3 is 11.9 Å². The van der Waals surface area contributed by atoms with Crippen molar-refractivity contribution in [2.75, 3.05) is 23.8 Å². The van der Waals surface area contributed by atoms with Gasteiger partial charge in [-0.1, -0.05) is 65.1 Å². The number of carboxylic acids is 2. The fourth-order valence-electron chi connectivity index (χ4n) is 4.65. The van der Waals surface area contributed by atoms with Gasteiger partial charge in [0.2, 0.25) is 0 Å². The number of aryl methyl sites for hydroxylation is 1. The van der Waals surface area contributed by atoms with E-state index in [2.05, 4.69) is 31.2 Å². The van der Waals surface area contributed by atoms with E-state index in [0.717, 1.165) is 0 Å². The zero-order chi connectivity index (χ0) is 38.4. The summed E-state index contributed by atoms with van der Waals surface area (Å²) < 4.78 is 0. The second kappa shape index (κ2) is 16.8. The van der Waals surface area contributed by atoms with Crippen molar-refractivity contribution in [3.05, 3.63) is 104 Å². The molecule has 2 aromatic heterocycles. The monoisotopic (exact) mass is 772 g/mol. The number of hydrogen-bond acceptors (Lipinski definition) is 10. The average Bonchev–Trinajstić information content (AvgIpc) is 3.12. The fourth-order valence-corrected chi connectivity index (χ4v) is 5.46. The number of aliphatic carboxylic acids is 2. The molecule has 0 unspecified atom stereocenters. The number of nitrogens with zero attached hydrogens (tertiary/aromatic N) is 2. The molecule has 2 aromatic carbocycles. The molecule has 0 fully saturated rings. The molecule has 0 saturated heterocycles. The van der Waals surface area contributed by atoms with Crippen molar-refractivity contribution >= 4 is 69.9 Å². The van der Waals surface area contributed by atoms with Crippen LogP contribution in [0.1, 0.15) is 51.6 Å². The van der Waals surface area contributed by atoms with Crippen LogP contribution in [0.2, 0.25) is 15.1 Å². The van der Waals surface area contributed by atoms with Crippen LogP contribution < -0.4 is 21.3 Å². The van der Waals surface area contributed by atoms with Gasteiger partial charge in [-0.05, 0) is 56.2 Å². The van der Waals surface area contributed by atoms with Crippen LogP contribution in [0.3, 0.4) is 0 Å². The van der Waals surface area contributed by atoms with Gasteiger partial charge in [-0.3, -0.25) is 34.8 Å². The second-order valence-corrected chi connectivity index (χ2v) is 13.3. The summed E-state index contributed by atoms with van der Waals surface area (Å²) in [5.74, 6) is -3.68.